The second-order valence-corrected chi connectivity index (χ2v) is 3.84. The number of aliphatic carboxylic acids is 1. The molecule has 0 aliphatic rings. The molecule has 1 aromatic carbocycles. The fraction of sp³-hybridized carbons (Fsp3) is 0.357. The fourth-order valence-corrected chi connectivity index (χ4v) is 1.59. The summed E-state index contributed by atoms with van der Waals surface area (Å²) >= 11 is 0. The van der Waals surface area contributed by atoms with Gasteiger partial charge in [-0.05, 0) is 37.3 Å². The zero-order valence-corrected chi connectivity index (χ0v) is 9.65. The highest BCUT2D eigenvalue weighted by molar-refractivity contribution is 5.66. The summed E-state index contributed by atoms with van der Waals surface area (Å²) in [4.78, 5) is 10.3. The molecule has 0 fully saturated rings. The predicted octanol–water partition coefficient (Wildman–Crippen LogP) is 3.52. The Morgan fingerprint density at radius 2 is 1.94 bits per heavy atom. The van der Waals surface area contributed by atoms with E-state index in [9.17, 15) is 4.79 Å². The molecule has 1 aromatic rings. The van der Waals surface area contributed by atoms with E-state index in [1.807, 2.05) is 13.0 Å². The number of benzene rings is 1. The largest absolute Gasteiger partial charge is 0.481 e. The van der Waals surface area contributed by atoms with Crippen molar-refractivity contribution in [1.82, 2.24) is 0 Å². The van der Waals surface area contributed by atoms with Crippen molar-refractivity contribution in [3.63, 3.8) is 0 Å². The number of carboxylic acids is 1. The summed E-state index contributed by atoms with van der Waals surface area (Å²) in [6.07, 6.45) is 7.01. The summed E-state index contributed by atoms with van der Waals surface area (Å²) in [5.41, 5.74) is 2.48. The normalized spacial score (nSPS) is 10.8. The van der Waals surface area contributed by atoms with Gasteiger partial charge < -0.3 is 5.11 Å². The van der Waals surface area contributed by atoms with Crippen molar-refractivity contribution in [3.8, 4) is 0 Å². The van der Waals surface area contributed by atoms with Gasteiger partial charge in [0.25, 0.3) is 0 Å². The molecule has 0 aromatic heterocycles. The molecular formula is C14H18O2. The van der Waals surface area contributed by atoms with E-state index in [2.05, 4.69) is 30.3 Å². The average Bonchev–Trinajstić information content (AvgIpc) is 2.27. The van der Waals surface area contributed by atoms with Gasteiger partial charge in [0.1, 0.15) is 0 Å². The Balaban J connectivity index is 2.34. The molecule has 1 rings (SSSR count). The quantitative estimate of drug-likeness (QED) is 0.742. The van der Waals surface area contributed by atoms with Gasteiger partial charge in [0.05, 0.1) is 0 Å². The van der Waals surface area contributed by atoms with E-state index in [0.29, 0.717) is 0 Å². The Labute approximate surface area is 96.6 Å². The molecule has 0 saturated carbocycles. The van der Waals surface area contributed by atoms with E-state index in [-0.39, 0.29) is 6.42 Å². The Kier molecular flexibility index (Phi) is 5.34. The number of hydrogen-bond donors (Lipinski definition) is 1. The lowest BCUT2D eigenvalue weighted by Crippen LogP contribution is -1.94. The molecule has 0 spiro atoms. The molecule has 86 valence electrons. The summed E-state index contributed by atoms with van der Waals surface area (Å²) in [5, 5.41) is 8.50. The minimum Gasteiger partial charge on any atom is -0.481 e. The molecule has 0 aliphatic heterocycles. The standard InChI is InChI=1S/C14H18O2/c1-2-5-12-8-10-13(11-9-12)6-3-4-7-14(15)16/h2,5,8-11H,3-4,6-7H2,1H3,(H,15,16). The average molecular weight is 218 g/mol. The topological polar surface area (TPSA) is 37.3 Å². The van der Waals surface area contributed by atoms with Crippen molar-refractivity contribution in [3.05, 3.63) is 41.5 Å². The second kappa shape index (κ2) is 6.83. The Hall–Kier alpha value is -1.57. The molecule has 16 heavy (non-hydrogen) atoms. The van der Waals surface area contributed by atoms with Crippen LogP contribution in [0, 0.1) is 0 Å². The smallest absolute Gasteiger partial charge is 0.303 e. The molecule has 2 heteroatoms. The van der Waals surface area contributed by atoms with Crippen LogP contribution in [0.15, 0.2) is 30.3 Å². The van der Waals surface area contributed by atoms with Crippen molar-refractivity contribution in [2.24, 2.45) is 0 Å². The highest BCUT2D eigenvalue weighted by atomic mass is 16.4. The molecule has 0 saturated heterocycles. The van der Waals surface area contributed by atoms with Gasteiger partial charge in [0.2, 0.25) is 0 Å². The maximum atomic E-state index is 10.3. The monoisotopic (exact) mass is 218 g/mol. The number of aryl methyl sites for hydroxylation is 1. The summed E-state index contributed by atoms with van der Waals surface area (Å²) < 4.78 is 0. The minimum absolute atomic E-state index is 0.274. The number of hydrogen-bond acceptors (Lipinski definition) is 1. The van der Waals surface area contributed by atoms with Crippen molar-refractivity contribution < 1.29 is 9.90 Å². The van der Waals surface area contributed by atoms with Crippen LogP contribution in [0.2, 0.25) is 0 Å². The SMILES string of the molecule is CC=Cc1ccc(CCCCC(=O)O)cc1. The molecule has 0 aliphatic carbocycles. The molecule has 0 atom stereocenters. The minimum atomic E-state index is -0.705. The third-order valence-electron chi connectivity index (χ3n) is 2.44. The number of unbranched alkanes of at least 4 members (excludes halogenated alkanes) is 1. The van der Waals surface area contributed by atoms with Crippen LogP contribution >= 0.6 is 0 Å². The third kappa shape index (κ3) is 4.78. The number of allylic oxidation sites excluding steroid dienone is 1. The van der Waals surface area contributed by atoms with Crippen molar-refractivity contribution >= 4 is 12.0 Å². The summed E-state index contributed by atoms with van der Waals surface area (Å²) in [7, 11) is 0. The van der Waals surface area contributed by atoms with Crippen LogP contribution in [0.25, 0.3) is 6.08 Å². The van der Waals surface area contributed by atoms with Gasteiger partial charge in [-0.1, -0.05) is 36.4 Å². The summed E-state index contributed by atoms with van der Waals surface area (Å²) in [6, 6.07) is 8.39. The van der Waals surface area contributed by atoms with E-state index in [0.717, 1.165) is 19.3 Å². The zero-order valence-electron chi connectivity index (χ0n) is 9.65. The van der Waals surface area contributed by atoms with Gasteiger partial charge in [0.15, 0.2) is 0 Å². The predicted molar refractivity (Wildman–Crippen MR) is 66.3 cm³/mol. The first-order valence-electron chi connectivity index (χ1n) is 5.66. The van der Waals surface area contributed by atoms with E-state index in [4.69, 9.17) is 5.11 Å². The Bertz CT molecular complexity index is 350. The van der Waals surface area contributed by atoms with Gasteiger partial charge >= 0.3 is 5.97 Å². The van der Waals surface area contributed by atoms with Gasteiger partial charge in [0, 0.05) is 6.42 Å². The van der Waals surface area contributed by atoms with E-state index in [1.54, 1.807) is 0 Å². The third-order valence-corrected chi connectivity index (χ3v) is 2.44. The lowest BCUT2D eigenvalue weighted by molar-refractivity contribution is -0.137. The molecule has 1 N–H and O–H groups in total. The number of carbonyl (C=O) groups is 1. The van der Waals surface area contributed by atoms with Crippen LogP contribution < -0.4 is 0 Å². The van der Waals surface area contributed by atoms with Crippen LogP contribution in [0.4, 0.5) is 0 Å². The highest BCUT2D eigenvalue weighted by Gasteiger charge is 1.97. The first-order chi connectivity index (χ1) is 7.72. The number of carboxylic acid groups (broad SMARTS) is 1. The van der Waals surface area contributed by atoms with E-state index < -0.39 is 5.97 Å². The Morgan fingerprint density at radius 3 is 2.50 bits per heavy atom. The lowest BCUT2D eigenvalue weighted by Gasteiger charge is -2.01. The molecule has 2 nitrogen and oxygen atoms in total. The fourth-order valence-electron chi connectivity index (χ4n) is 1.59. The van der Waals surface area contributed by atoms with Crippen molar-refractivity contribution in [1.29, 1.82) is 0 Å². The summed E-state index contributed by atoms with van der Waals surface area (Å²) in [6.45, 7) is 2.00. The van der Waals surface area contributed by atoms with Gasteiger partial charge in [-0.25, -0.2) is 0 Å². The molecule has 0 amide bonds. The molecular weight excluding hydrogens is 200 g/mol. The second-order valence-electron chi connectivity index (χ2n) is 3.84. The maximum absolute atomic E-state index is 10.3. The highest BCUT2D eigenvalue weighted by Crippen LogP contribution is 2.10. The number of rotatable bonds is 6. The summed E-state index contributed by atoms with van der Waals surface area (Å²) in [5.74, 6) is -0.705. The van der Waals surface area contributed by atoms with Crippen LogP contribution in [-0.4, -0.2) is 11.1 Å². The van der Waals surface area contributed by atoms with Gasteiger partial charge in [-0.3, -0.25) is 4.79 Å². The van der Waals surface area contributed by atoms with Crippen molar-refractivity contribution in [2.75, 3.05) is 0 Å². The van der Waals surface area contributed by atoms with Crippen LogP contribution in [0.5, 0.6) is 0 Å². The van der Waals surface area contributed by atoms with Crippen LogP contribution in [0.1, 0.15) is 37.3 Å². The van der Waals surface area contributed by atoms with Gasteiger partial charge in [-0.15, -0.1) is 0 Å². The molecule has 0 unspecified atom stereocenters. The first kappa shape index (κ1) is 12.5. The molecule has 0 bridgehead atoms. The lowest BCUT2D eigenvalue weighted by atomic mass is 10.1. The van der Waals surface area contributed by atoms with Crippen LogP contribution in [-0.2, 0) is 11.2 Å². The van der Waals surface area contributed by atoms with E-state index in [1.165, 1.54) is 11.1 Å². The molecule has 0 radical (unpaired) electrons. The Morgan fingerprint density at radius 1 is 1.25 bits per heavy atom. The maximum Gasteiger partial charge on any atom is 0.303 e. The van der Waals surface area contributed by atoms with Gasteiger partial charge in [-0.2, -0.15) is 0 Å². The van der Waals surface area contributed by atoms with E-state index >= 15 is 0 Å². The molecule has 0 heterocycles. The zero-order chi connectivity index (χ0) is 11.8. The van der Waals surface area contributed by atoms with Crippen LogP contribution in [0.3, 0.4) is 0 Å². The first-order valence-corrected chi connectivity index (χ1v) is 5.66. The van der Waals surface area contributed by atoms with Crippen molar-refractivity contribution in [2.45, 2.75) is 32.6 Å².